The van der Waals surface area contributed by atoms with Gasteiger partial charge in [0.05, 0.1) is 18.8 Å². The molecule has 1 atom stereocenters. The van der Waals surface area contributed by atoms with Crippen LogP contribution in [0.3, 0.4) is 0 Å². The largest absolute Gasteiger partial charge is 0.495 e. The minimum absolute atomic E-state index is 0.268. The van der Waals surface area contributed by atoms with Crippen molar-refractivity contribution >= 4 is 38.6 Å². The van der Waals surface area contributed by atoms with Gasteiger partial charge in [-0.25, -0.2) is 4.79 Å². The predicted octanol–water partition coefficient (Wildman–Crippen LogP) is 5.09. The second-order valence-electron chi connectivity index (χ2n) is 5.35. The van der Waals surface area contributed by atoms with Gasteiger partial charge in [-0.15, -0.1) is 0 Å². The molecule has 2 aromatic carbocycles. The summed E-state index contributed by atoms with van der Waals surface area (Å²) in [6.45, 7) is 1.87. The molecule has 0 saturated heterocycles. The first kappa shape index (κ1) is 16.4. The van der Waals surface area contributed by atoms with Crippen LogP contribution < -0.4 is 15.4 Å². The average molecular weight is 389 g/mol. The van der Waals surface area contributed by atoms with Crippen molar-refractivity contribution < 1.29 is 13.9 Å². The number of carbonyl (C=O) groups excluding carboxylic acids is 1. The predicted molar refractivity (Wildman–Crippen MR) is 97.5 cm³/mol. The van der Waals surface area contributed by atoms with E-state index >= 15 is 0 Å². The normalized spacial score (nSPS) is 12.0. The van der Waals surface area contributed by atoms with Crippen molar-refractivity contribution in [2.45, 2.75) is 13.0 Å². The molecule has 3 rings (SSSR count). The van der Waals surface area contributed by atoms with Crippen LogP contribution in [0.1, 0.15) is 18.7 Å². The number of rotatable bonds is 4. The van der Waals surface area contributed by atoms with Crippen LogP contribution in [0, 0.1) is 0 Å². The number of benzene rings is 2. The van der Waals surface area contributed by atoms with Crippen molar-refractivity contribution in [3.63, 3.8) is 0 Å². The molecule has 124 valence electrons. The summed E-state index contributed by atoms with van der Waals surface area (Å²) in [6.07, 6.45) is 0. The Bertz CT molecular complexity index is 843. The molecule has 6 heteroatoms. The first-order chi connectivity index (χ1) is 11.6. The summed E-state index contributed by atoms with van der Waals surface area (Å²) in [4.78, 5) is 12.3. The molecule has 0 aliphatic rings. The number of anilines is 1. The highest BCUT2D eigenvalue weighted by atomic mass is 79.9. The molecule has 24 heavy (non-hydrogen) atoms. The van der Waals surface area contributed by atoms with Gasteiger partial charge < -0.3 is 19.8 Å². The van der Waals surface area contributed by atoms with Crippen molar-refractivity contribution in [2.24, 2.45) is 0 Å². The molecule has 0 bridgehead atoms. The Kier molecular flexibility index (Phi) is 4.76. The van der Waals surface area contributed by atoms with Crippen LogP contribution >= 0.6 is 15.9 Å². The first-order valence-corrected chi connectivity index (χ1v) is 8.25. The minimum Gasteiger partial charge on any atom is -0.495 e. The average Bonchev–Trinajstić information content (AvgIpc) is 2.99. The van der Waals surface area contributed by atoms with Gasteiger partial charge in [-0.2, -0.15) is 0 Å². The number of urea groups is 1. The van der Waals surface area contributed by atoms with E-state index < -0.39 is 0 Å². The van der Waals surface area contributed by atoms with E-state index in [1.165, 1.54) is 0 Å². The lowest BCUT2D eigenvalue weighted by Gasteiger charge is -2.14. The topological polar surface area (TPSA) is 63.5 Å². The van der Waals surface area contributed by atoms with Crippen LogP contribution in [0.4, 0.5) is 10.5 Å². The molecule has 1 unspecified atom stereocenters. The van der Waals surface area contributed by atoms with Gasteiger partial charge in [0.2, 0.25) is 0 Å². The monoisotopic (exact) mass is 388 g/mol. The second kappa shape index (κ2) is 6.97. The zero-order valence-corrected chi connectivity index (χ0v) is 14.9. The molecule has 0 radical (unpaired) electrons. The first-order valence-electron chi connectivity index (χ1n) is 7.46. The van der Waals surface area contributed by atoms with Gasteiger partial charge in [0, 0.05) is 9.86 Å². The second-order valence-corrected chi connectivity index (χ2v) is 6.27. The summed E-state index contributed by atoms with van der Waals surface area (Å²) >= 11 is 3.38. The van der Waals surface area contributed by atoms with E-state index in [2.05, 4.69) is 26.6 Å². The number of para-hydroxylation sites is 1. The summed E-state index contributed by atoms with van der Waals surface area (Å²) in [5.74, 6) is 1.29. The standard InChI is InChI=1S/C18H17BrN2O3/c1-11(17-9-12-5-3-4-6-15(12)24-17)20-18(22)21-14-10-13(19)7-8-16(14)23-2/h3-11H,1-2H3,(H2,20,21,22). The summed E-state index contributed by atoms with van der Waals surface area (Å²) in [6, 6.07) is 14.5. The lowest BCUT2D eigenvalue weighted by molar-refractivity contribution is 0.247. The maximum atomic E-state index is 12.3. The molecule has 0 aliphatic heterocycles. The lowest BCUT2D eigenvalue weighted by Crippen LogP contribution is -2.31. The van der Waals surface area contributed by atoms with Crippen molar-refractivity contribution in [3.05, 3.63) is 58.8 Å². The van der Waals surface area contributed by atoms with Gasteiger partial charge in [-0.1, -0.05) is 34.1 Å². The number of fused-ring (bicyclic) bond motifs is 1. The van der Waals surface area contributed by atoms with Gasteiger partial charge in [0.25, 0.3) is 0 Å². The van der Waals surface area contributed by atoms with Crippen molar-refractivity contribution in [2.75, 3.05) is 12.4 Å². The Morgan fingerprint density at radius 2 is 2.00 bits per heavy atom. The zero-order chi connectivity index (χ0) is 17.1. The van der Waals surface area contributed by atoms with Crippen LogP contribution in [-0.2, 0) is 0 Å². The fourth-order valence-corrected chi connectivity index (χ4v) is 2.78. The summed E-state index contributed by atoms with van der Waals surface area (Å²) < 4.78 is 11.9. The van der Waals surface area contributed by atoms with Crippen molar-refractivity contribution in [1.29, 1.82) is 0 Å². The number of hydrogen-bond donors (Lipinski definition) is 2. The fourth-order valence-electron chi connectivity index (χ4n) is 2.42. The quantitative estimate of drug-likeness (QED) is 0.654. The van der Waals surface area contributed by atoms with E-state index in [0.717, 1.165) is 15.4 Å². The highest BCUT2D eigenvalue weighted by molar-refractivity contribution is 9.10. The number of methoxy groups -OCH3 is 1. The Labute approximate surface area is 148 Å². The molecule has 0 aliphatic carbocycles. The number of hydrogen-bond acceptors (Lipinski definition) is 3. The van der Waals surface area contributed by atoms with Crippen molar-refractivity contribution in [3.8, 4) is 5.75 Å². The van der Waals surface area contributed by atoms with Crippen LogP contribution in [0.2, 0.25) is 0 Å². The van der Waals surface area contributed by atoms with Crippen LogP contribution in [0.5, 0.6) is 5.75 Å². The molecule has 2 amide bonds. The van der Waals surface area contributed by atoms with Gasteiger partial charge in [0.1, 0.15) is 17.1 Å². The van der Waals surface area contributed by atoms with E-state index in [1.54, 1.807) is 19.2 Å². The third kappa shape index (κ3) is 3.54. The van der Waals surface area contributed by atoms with E-state index in [1.807, 2.05) is 43.3 Å². The maximum Gasteiger partial charge on any atom is 0.319 e. The van der Waals surface area contributed by atoms with Gasteiger partial charge in [-0.05, 0) is 37.3 Å². The Morgan fingerprint density at radius 1 is 1.21 bits per heavy atom. The Morgan fingerprint density at radius 3 is 2.75 bits per heavy atom. The number of nitrogens with one attached hydrogen (secondary N) is 2. The molecule has 0 saturated carbocycles. The van der Waals surface area contributed by atoms with Crippen LogP contribution in [-0.4, -0.2) is 13.1 Å². The molecule has 2 N–H and O–H groups in total. The summed E-state index contributed by atoms with van der Waals surface area (Å²) in [5.41, 5.74) is 1.39. The summed E-state index contributed by atoms with van der Waals surface area (Å²) in [7, 11) is 1.56. The van der Waals surface area contributed by atoms with Gasteiger partial charge in [0.15, 0.2) is 0 Å². The van der Waals surface area contributed by atoms with Gasteiger partial charge in [-0.3, -0.25) is 0 Å². The molecular weight excluding hydrogens is 372 g/mol. The summed E-state index contributed by atoms with van der Waals surface area (Å²) in [5, 5.41) is 6.66. The van der Waals surface area contributed by atoms with Crippen molar-refractivity contribution in [1.82, 2.24) is 5.32 Å². The minimum atomic E-state index is -0.334. The third-order valence-corrected chi connectivity index (χ3v) is 4.12. The number of amides is 2. The molecule has 1 heterocycles. The molecule has 0 spiro atoms. The smallest absolute Gasteiger partial charge is 0.319 e. The number of carbonyl (C=O) groups is 1. The third-order valence-electron chi connectivity index (χ3n) is 3.63. The molecule has 0 fully saturated rings. The fraction of sp³-hybridized carbons (Fsp3) is 0.167. The highest BCUT2D eigenvalue weighted by Gasteiger charge is 2.15. The molecular formula is C18H17BrN2O3. The maximum absolute atomic E-state index is 12.3. The van der Waals surface area contributed by atoms with Crippen LogP contribution in [0.25, 0.3) is 11.0 Å². The zero-order valence-electron chi connectivity index (χ0n) is 13.3. The van der Waals surface area contributed by atoms with E-state index in [9.17, 15) is 4.79 Å². The molecule has 5 nitrogen and oxygen atoms in total. The Balaban J connectivity index is 1.71. The number of halogens is 1. The number of ether oxygens (including phenoxy) is 1. The van der Waals surface area contributed by atoms with Gasteiger partial charge >= 0.3 is 6.03 Å². The lowest BCUT2D eigenvalue weighted by atomic mass is 10.2. The molecule has 1 aromatic heterocycles. The van der Waals surface area contributed by atoms with E-state index in [4.69, 9.17) is 9.15 Å². The number of furan rings is 1. The SMILES string of the molecule is COc1ccc(Br)cc1NC(=O)NC(C)c1cc2ccccc2o1. The highest BCUT2D eigenvalue weighted by Crippen LogP contribution is 2.28. The van der Waals surface area contributed by atoms with Crippen LogP contribution in [0.15, 0.2) is 57.4 Å². The Hall–Kier alpha value is -2.47. The van der Waals surface area contributed by atoms with E-state index in [-0.39, 0.29) is 12.1 Å². The molecule has 3 aromatic rings. The van der Waals surface area contributed by atoms with E-state index in [0.29, 0.717) is 17.2 Å².